The van der Waals surface area contributed by atoms with Gasteiger partial charge in [-0.25, -0.2) is 0 Å². The van der Waals surface area contributed by atoms with E-state index in [0.29, 0.717) is 0 Å². The zero-order chi connectivity index (χ0) is 13.3. The van der Waals surface area contributed by atoms with Crippen molar-refractivity contribution in [1.29, 1.82) is 0 Å². The fourth-order valence-electron chi connectivity index (χ4n) is 1.78. The Labute approximate surface area is 104 Å². The smallest absolute Gasteiger partial charge is 0.0914 e. The maximum Gasteiger partial charge on any atom is 0.0914 e. The van der Waals surface area contributed by atoms with Gasteiger partial charge < -0.3 is 5.84 Å². The van der Waals surface area contributed by atoms with Gasteiger partial charge in [0.2, 0.25) is 0 Å². The number of hydrogen-bond donors (Lipinski definition) is 1. The Hall–Kier alpha value is -1.38. The molecule has 1 aromatic carbocycles. The quantitative estimate of drug-likeness (QED) is 0.440. The molecule has 0 fully saturated rings. The van der Waals surface area contributed by atoms with Gasteiger partial charge in [-0.1, -0.05) is 58.9 Å². The third-order valence-electron chi connectivity index (χ3n) is 2.84. The van der Waals surface area contributed by atoms with Crippen LogP contribution in [0.4, 0.5) is 5.69 Å². The van der Waals surface area contributed by atoms with Crippen molar-refractivity contribution in [3.63, 3.8) is 0 Å². The average Bonchev–Trinajstić information content (AvgIpc) is 2.15. The van der Waals surface area contributed by atoms with E-state index in [1.165, 1.54) is 11.1 Å². The van der Waals surface area contributed by atoms with Crippen molar-refractivity contribution in [3.05, 3.63) is 29.3 Å². The Kier molecular flexibility index (Phi) is 3.60. The van der Waals surface area contributed by atoms with Crippen LogP contribution in [-0.2, 0) is 10.8 Å². The predicted molar refractivity (Wildman–Crippen MR) is 72.5 cm³/mol. The minimum Gasteiger partial charge on any atom is -0.305 e. The van der Waals surface area contributed by atoms with Gasteiger partial charge in [0.1, 0.15) is 0 Å². The van der Waals surface area contributed by atoms with Crippen molar-refractivity contribution >= 4 is 5.69 Å². The average molecular weight is 233 g/mol. The summed E-state index contributed by atoms with van der Waals surface area (Å²) < 4.78 is 0. The van der Waals surface area contributed by atoms with Crippen molar-refractivity contribution in [2.75, 3.05) is 0 Å². The summed E-state index contributed by atoms with van der Waals surface area (Å²) in [6, 6.07) is 6.37. The normalized spacial score (nSPS) is 13.3. The molecule has 0 aliphatic heterocycles. The minimum absolute atomic E-state index is 0.0416. The van der Waals surface area contributed by atoms with Crippen LogP contribution in [0.2, 0.25) is 0 Å². The highest BCUT2D eigenvalue weighted by atomic mass is 15.3. The second-order valence-corrected chi connectivity index (χ2v) is 6.45. The lowest BCUT2D eigenvalue weighted by atomic mass is 9.81. The highest BCUT2D eigenvalue weighted by molar-refractivity contribution is 5.52. The lowest BCUT2D eigenvalue weighted by Gasteiger charge is -2.24. The molecule has 0 aromatic heterocycles. The molecule has 0 radical (unpaired) electrons. The summed E-state index contributed by atoms with van der Waals surface area (Å²) in [4.78, 5) is 0. The summed E-state index contributed by atoms with van der Waals surface area (Å²) in [5.41, 5.74) is 3.43. The first kappa shape index (κ1) is 13.7. The molecular formula is C14H23N3. The van der Waals surface area contributed by atoms with E-state index >= 15 is 0 Å². The van der Waals surface area contributed by atoms with Crippen LogP contribution >= 0.6 is 0 Å². The van der Waals surface area contributed by atoms with Gasteiger partial charge in [-0.05, 0) is 28.0 Å². The Morgan fingerprint density at radius 3 is 1.94 bits per heavy atom. The van der Waals surface area contributed by atoms with E-state index in [9.17, 15) is 0 Å². The monoisotopic (exact) mass is 233 g/mol. The SMILES string of the molecule is CC(C)(C)c1ccc(C(C)(C)C)c(N=NN)c1. The van der Waals surface area contributed by atoms with Gasteiger partial charge >= 0.3 is 0 Å². The van der Waals surface area contributed by atoms with Crippen molar-refractivity contribution < 1.29 is 0 Å². The van der Waals surface area contributed by atoms with E-state index in [4.69, 9.17) is 5.84 Å². The van der Waals surface area contributed by atoms with Gasteiger partial charge in [-0.15, -0.1) is 5.11 Å². The third-order valence-corrected chi connectivity index (χ3v) is 2.84. The Bertz CT molecular complexity index is 420. The van der Waals surface area contributed by atoms with E-state index in [0.717, 1.165) is 5.69 Å². The van der Waals surface area contributed by atoms with Crippen molar-refractivity contribution in [2.24, 2.45) is 16.2 Å². The molecule has 0 unspecified atom stereocenters. The molecule has 1 aromatic rings. The van der Waals surface area contributed by atoms with Crippen LogP contribution in [0.5, 0.6) is 0 Å². The molecule has 3 nitrogen and oxygen atoms in total. The molecule has 17 heavy (non-hydrogen) atoms. The van der Waals surface area contributed by atoms with Crippen LogP contribution in [0.15, 0.2) is 28.5 Å². The second-order valence-electron chi connectivity index (χ2n) is 6.45. The molecule has 0 saturated heterocycles. The third kappa shape index (κ3) is 3.29. The zero-order valence-corrected chi connectivity index (χ0v) is 11.7. The molecule has 94 valence electrons. The lowest BCUT2D eigenvalue weighted by molar-refractivity contribution is 0.577. The fourth-order valence-corrected chi connectivity index (χ4v) is 1.78. The summed E-state index contributed by atoms with van der Waals surface area (Å²) in [7, 11) is 0. The van der Waals surface area contributed by atoms with E-state index in [1.54, 1.807) is 0 Å². The number of nitrogens with two attached hydrogens (primary N) is 1. The van der Waals surface area contributed by atoms with E-state index in [2.05, 4.69) is 70.1 Å². The van der Waals surface area contributed by atoms with Gasteiger partial charge in [0, 0.05) is 0 Å². The van der Waals surface area contributed by atoms with Gasteiger partial charge in [0.15, 0.2) is 0 Å². The van der Waals surface area contributed by atoms with Crippen LogP contribution in [0.25, 0.3) is 0 Å². The molecule has 0 aliphatic rings. The zero-order valence-electron chi connectivity index (χ0n) is 11.7. The highest BCUT2D eigenvalue weighted by Crippen LogP contribution is 2.35. The summed E-state index contributed by atoms with van der Waals surface area (Å²) in [5.74, 6) is 5.19. The summed E-state index contributed by atoms with van der Waals surface area (Å²) in [6.07, 6.45) is 0. The van der Waals surface area contributed by atoms with Crippen LogP contribution in [0.3, 0.4) is 0 Å². The molecule has 1 rings (SSSR count). The number of nitrogens with zero attached hydrogens (tertiary/aromatic N) is 2. The first-order valence-corrected chi connectivity index (χ1v) is 5.92. The number of benzene rings is 1. The molecule has 3 heteroatoms. The largest absolute Gasteiger partial charge is 0.305 e. The van der Waals surface area contributed by atoms with Gasteiger partial charge in [-0.3, -0.25) is 0 Å². The first-order chi connectivity index (χ1) is 7.66. The maximum atomic E-state index is 5.19. The Morgan fingerprint density at radius 2 is 1.53 bits per heavy atom. The van der Waals surface area contributed by atoms with Crippen molar-refractivity contribution in [2.45, 2.75) is 52.4 Å². The molecule has 0 aliphatic carbocycles. The summed E-state index contributed by atoms with van der Waals surface area (Å²) >= 11 is 0. The highest BCUT2D eigenvalue weighted by Gasteiger charge is 2.21. The Morgan fingerprint density at radius 1 is 0.941 bits per heavy atom. The van der Waals surface area contributed by atoms with Crippen LogP contribution in [-0.4, -0.2) is 0 Å². The van der Waals surface area contributed by atoms with Gasteiger partial charge in [0.25, 0.3) is 0 Å². The summed E-state index contributed by atoms with van der Waals surface area (Å²) in [6.45, 7) is 13.0. The second kappa shape index (κ2) is 4.47. The van der Waals surface area contributed by atoms with E-state index in [-0.39, 0.29) is 10.8 Å². The van der Waals surface area contributed by atoms with Crippen LogP contribution in [0, 0.1) is 0 Å². The first-order valence-electron chi connectivity index (χ1n) is 5.92. The van der Waals surface area contributed by atoms with Crippen molar-refractivity contribution in [3.8, 4) is 0 Å². The molecular weight excluding hydrogens is 210 g/mol. The Balaban J connectivity index is 3.38. The van der Waals surface area contributed by atoms with Crippen molar-refractivity contribution in [1.82, 2.24) is 0 Å². The lowest BCUT2D eigenvalue weighted by Crippen LogP contribution is -2.14. The molecule has 0 saturated carbocycles. The molecule has 0 atom stereocenters. The van der Waals surface area contributed by atoms with Gasteiger partial charge in [0.05, 0.1) is 5.69 Å². The van der Waals surface area contributed by atoms with Gasteiger partial charge in [-0.2, -0.15) is 0 Å². The molecule has 0 bridgehead atoms. The fraction of sp³-hybridized carbons (Fsp3) is 0.571. The van der Waals surface area contributed by atoms with Crippen LogP contribution in [0.1, 0.15) is 52.7 Å². The molecule has 0 amide bonds. The molecule has 0 heterocycles. The molecule has 0 spiro atoms. The summed E-state index contributed by atoms with van der Waals surface area (Å²) in [5, 5.41) is 7.48. The molecule has 2 N–H and O–H groups in total. The number of rotatable bonds is 1. The predicted octanol–water partition coefficient (Wildman–Crippen LogP) is 4.24. The van der Waals surface area contributed by atoms with Crippen LogP contribution < -0.4 is 5.84 Å². The van der Waals surface area contributed by atoms with E-state index < -0.39 is 0 Å². The maximum absolute atomic E-state index is 5.19. The standard InChI is InChI=1S/C14H23N3/c1-13(2,3)10-7-8-11(14(4,5)6)12(9-10)16-17-15/h7-9H,1-6H3,(H2,15,16). The number of hydrogen-bond acceptors (Lipinski definition) is 2. The van der Waals surface area contributed by atoms with E-state index in [1.807, 2.05) is 0 Å². The minimum atomic E-state index is 0.0416. The topological polar surface area (TPSA) is 50.7 Å².